The first-order valence-electron chi connectivity index (χ1n) is 5.30. The van der Waals surface area contributed by atoms with Crippen molar-refractivity contribution in [3.8, 4) is 0 Å². The summed E-state index contributed by atoms with van der Waals surface area (Å²) in [6, 6.07) is 3.67. The third kappa shape index (κ3) is 4.03. The zero-order valence-electron chi connectivity index (χ0n) is 9.87. The summed E-state index contributed by atoms with van der Waals surface area (Å²) in [6.45, 7) is 3.04. The molecule has 0 saturated carbocycles. The van der Waals surface area contributed by atoms with Gasteiger partial charge >= 0.3 is 5.97 Å². The van der Waals surface area contributed by atoms with E-state index in [0.29, 0.717) is 13.2 Å². The fourth-order valence-electron chi connectivity index (χ4n) is 1.42. The monoisotopic (exact) mass is 241 g/mol. The molecule has 0 saturated heterocycles. The van der Waals surface area contributed by atoms with E-state index in [9.17, 15) is 9.18 Å². The van der Waals surface area contributed by atoms with Gasteiger partial charge in [0.05, 0.1) is 17.9 Å². The zero-order chi connectivity index (χ0) is 12.8. The highest BCUT2D eigenvalue weighted by Crippen LogP contribution is 2.16. The predicted molar refractivity (Wildman–Crippen MR) is 62.9 cm³/mol. The molecule has 1 unspecified atom stereocenters. The van der Waals surface area contributed by atoms with Gasteiger partial charge in [0.25, 0.3) is 0 Å². The molecule has 0 bridgehead atoms. The molecule has 1 aromatic carbocycles. The number of ether oxygens (including phenoxy) is 1. The van der Waals surface area contributed by atoms with Gasteiger partial charge < -0.3 is 15.2 Å². The molecule has 0 aromatic heterocycles. The molecule has 0 aliphatic heterocycles. The molecular weight excluding hydrogens is 225 g/mol. The Bertz CT molecular complexity index is 395. The summed E-state index contributed by atoms with van der Waals surface area (Å²) in [7, 11) is 1.60. The average Bonchev–Trinajstić information content (AvgIpc) is 2.28. The second-order valence-electron chi connectivity index (χ2n) is 3.94. The molecule has 1 atom stereocenters. The standard InChI is InChI=1S/C12H16FNO3/c1-8(7-17-2)6-14-11-5-9(12(15)16)3-4-10(11)13/h3-5,8,14H,6-7H2,1-2H3,(H,15,16). The Morgan fingerprint density at radius 2 is 2.29 bits per heavy atom. The number of hydrogen-bond donors (Lipinski definition) is 2. The molecule has 0 fully saturated rings. The Kier molecular flexibility index (Phi) is 4.90. The molecule has 17 heavy (non-hydrogen) atoms. The first kappa shape index (κ1) is 13.4. The second kappa shape index (κ2) is 6.20. The van der Waals surface area contributed by atoms with Crippen LogP contribution in [0.3, 0.4) is 0 Å². The lowest BCUT2D eigenvalue weighted by molar-refractivity contribution is 0.0697. The number of carbonyl (C=O) groups is 1. The van der Waals surface area contributed by atoms with Crippen LogP contribution < -0.4 is 5.32 Å². The topological polar surface area (TPSA) is 58.6 Å². The smallest absolute Gasteiger partial charge is 0.335 e. The fourth-order valence-corrected chi connectivity index (χ4v) is 1.42. The van der Waals surface area contributed by atoms with Crippen LogP contribution in [0.15, 0.2) is 18.2 Å². The minimum atomic E-state index is -1.07. The van der Waals surface area contributed by atoms with E-state index in [1.54, 1.807) is 7.11 Å². The largest absolute Gasteiger partial charge is 0.478 e. The third-order valence-corrected chi connectivity index (χ3v) is 2.31. The van der Waals surface area contributed by atoms with Crippen LogP contribution in [0.5, 0.6) is 0 Å². The van der Waals surface area contributed by atoms with Crippen molar-refractivity contribution >= 4 is 11.7 Å². The van der Waals surface area contributed by atoms with Crippen LogP contribution in [-0.2, 0) is 4.74 Å². The molecule has 0 radical (unpaired) electrons. The van der Waals surface area contributed by atoms with Crippen molar-refractivity contribution in [1.29, 1.82) is 0 Å². The molecule has 0 heterocycles. The molecule has 5 heteroatoms. The fraction of sp³-hybridized carbons (Fsp3) is 0.417. The van der Waals surface area contributed by atoms with Gasteiger partial charge in [-0.25, -0.2) is 9.18 Å². The summed E-state index contributed by atoms with van der Waals surface area (Å²) in [5.74, 6) is -1.31. The van der Waals surface area contributed by atoms with Gasteiger partial charge in [-0.3, -0.25) is 0 Å². The molecule has 1 rings (SSSR count). The lowest BCUT2D eigenvalue weighted by atomic mass is 10.1. The summed E-state index contributed by atoms with van der Waals surface area (Å²) < 4.78 is 18.3. The minimum Gasteiger partial charge on any atom is -0.478 e. The number of carboxylic acids is 1. The van der Waals surface area contributed by atoms with E-state index in [0.717, 1.165) is 6.07 Å². The normalized spacial score (nSPS) is 12.2. The van der Waals surface area contributed by atoms with Gasteiger partial charge in [-0.15, -0.1) is 0 Å². The molecule has 0 spiro atoms. The van der Waals surface area contributed by atoms with Crippen molar-refractivity contribution in [2.45, 2.75) is 6.92 Å². The predicted octanol–water partition coefficient (Wildman–Crippen LogP) is 2.22. The summed E-state index contributed by atoms with van der Waals surface area (Å²) in [6.07, 6.45) is 0. The second-order valence-corrected chi connectivity index (χ2v) is 3.94. The van der Waals surface area contributed by atoms with Gasteiger partial charge in [0.1, 0.15) is 5.82 Å². The maximum absolute atomic E-state index is 13.4. The summed E-state index contributed by atoms with van der Waals surface area (Å²) in [5.41, 5.74) is 0.265. The van der Waals surface area contributed by atoms with E-state index >= 15 is 0 Å². The molecular formula is C12H16FNO3. The van der Waals surface area contributed by atoms with Crippen molar-refractivity contribution in [2.24, 2.45) is 5.92 Å². The number of halogens is 1. The van der Waals surface area contributed by atoms with Crippen molar-refractivity contribution < 1.29 is 19.0 Å². The Balaban J connectivity index is 2.69. The lowest BCUT2D eigenvalue weighted by Crippen LogP contribution is -2.16. The molecule has 0 aliphatic rings. The SMILES string of the molecule is COCC(C)CNc1cc(C(=O)O)ccc1F. The van der Waals surface area contributed by atoms with Crippen molar-refractivity contribution in [2.75, 3.05) is 25.6 Å². The minimum absolute atomic E-state index is 0.0632. The van der Waals surface area contributed by atoms with Gasteiger partial charge in [0.2, 0.25) is 0 Å². The number of aromatic carboxylic acids is 1. The van der Waals surface area contributed by atoms with Crippen LogP contribution in [0.2, 0.25) is 0 Å². The highest BCUT2D eigenvalue weighted by Gasteiger charge is 2.09. The van der Waals surface area contributed by atoms with E-state index < -0.39 is 11.8 Å². The molecule has 0 aliphatic carbocycles. The summed E-state index contributed by atoms with van der Waals surface area (Å²) in [4.78, 5) is 10.7. The number of rotatable bonds is 6. The maximum atomic E-state index is 13.4. The number of benzene rings is 1. The number of anilines is 1. The van der Waals surface area contributed by atoms with Crippen LogP contribution in [-0.4, -0.2) is 31.3 Å². The van der Waals surface area contributed by atoms with Crippen molar-refractivity contribution in [3.05, 3.63) is 29.6 Å². The highest BCUT2D eigenvalue weighted by molar-refractivity contribution is 5.88. The maximum Gasteiger partial charge on any atom is 0.335 e. The molecule has 1 aromatic rings. The van der Waals surface area contributed by atoms with E-state index in [4.69, 9.17) is 9.84 Å². The van der Waals surface area contributed by atoms with Crippen LogP contribution in [0.4, 0.5) is 10.1 Å². The first-order chi connectivity index (χ1) is 8.04. The first-order valence-corrected chi connectivity index (χ1v) is 5.30. The summed E-state index contributed by atoms with van der Waals surface area (Å²) >= 11 is 0. The lowest BCUT2D eigenvalue weighted by Gasteiger charge is -2.13. The van der Waals surface area contributed by atoms with Gasteiger partial charge in [0, 0.05) is 13.7 Å². The van der Waals surface area contributed by atoms with E-state index in [-0.39, 0.29) is 17.2 Å². The van der Waals surface area contributed by atoms with Gasteiger partial charge in [-0.2, -0.15) is 0 Å². The molecule has 4 nitrogen and oxygen atoms in total. The molecule has 2 N–H and O–H groups in total. The third-order valence-electron chi connectivity index (χ3n) is 2.31. The van der Waals surface area contributed by atoms with Crippen molar-refractivity contribution in [3.63, 3.8) is 0 Å². The van der Waals surface area contributed by atoms with E-state index in [1.165, 1.54) is 12.1 Å². The van der Waals surface area contributed by atoms with Crippen LogP contribution in [0.1, 0.15) is 17.3 Å². The quantitative estimate of drug-likeness (QED) is 0.801. The van der Waals surface area contributed by atoms with Crippen LogP contribution in [0, 0.1) is 11.7 Å². The number of nitrogens with one attached hydrogen (secondary N) is 1. The van der Waals surface area contributed by atoms with Crippen LogP contribution >= 0.6 is 0 Å². The Morgan fingerprint density at radius 1 is 1.59 bits per heavy atom. The highest BCUT2D eigenvalue weighted by atomic mass is 19.1. The van der Waals surface area contributed by atoms with Gasteiger partial charge in [-0.05, 0) is 24.1 Å². The average molecular weight is 241 g/mol. The Labute approximate surface area is 99.4 Å². The summed E-state index contributed by atoms with van der Waals surface area (Å²) in [5, 5.41) is 11.7. The molecule has 0 amide bonds. The van der Waals surface area contributed by atoms with E-state index in [1.807, 2.05) is 6.92 Å². The molecule has 94 valence electrons. The number of hydrogen-bond acceptors (Lipinski definition) is 3. The van der Waals surface area contributed by atoms with E-state index in [2.05, 4.69) is 5.32 Å². The number of carboxylic acid groups (broad SMARTS) is 1. The van der Waals surface area contributed by atoms with Crippen LogP contribution in [0.25, 0.3) is 0 Å². The van der Waals surface area contributed by atoms with Gasteiger partial charge in [-0.1, -0.05) is 6.92 Å². The van der Waals surface area contributed by atoms with Gasteiger partial charge in [0.15, 0.2) is 0 Å². The van der Waals surface area contributed by atoms with Crippen molar-refractivity contribution in [1.82, 2.24) is 0 Å². The zero-order valence-corrected chi connectivity index (χ0v) is 9.87. The Morgan fingerprint density at radius 3 is 2.88 bits per heavy atom. The Hall–Kier alpha value is -1.62. The number of methoxy groups -OCH3 is 1.